The number of hydrogen-bond donors (Lipinski definition) is 1. The average molecular weight is 544 g/mol. The highest BCUT2D eigenvalue weighted by molar-refractivity contribution is 5.78. The lowest BCUT2D eigenvalue weighted by atomic mass is 9.85. The Morgan fingerprint density at radius 3 is 2.64 bits per heavy atom. The summed E-state index contributed by atoms with van der Waals surface area (Å²) in [7, 11) is 3.91. The fourth-order valence-corrected chi connectivity index (χ4v) is 5.71. The van der Waals surface area contributed by atoms with E-state index in [0.29, 0.717) is 60.3 Å². The Morgan fingerprint density at radius 1 is 1.13 bits per heavy atom. The van der Waals surface area contributed by atoms with Crippen molar-refractivity contribution in [3.8, 4) is 5.82 Å². The zero-order valence-corrected chi connectivity index (χ0v) is 23.0. The van der Waals surface area contributed by atoms with E-state index in [9.17, 15) is 8.78 Å². The summed E-state index contributed by atoms with van der Waals surface area (Å²) in [5, 5.41) is 3.45. The fraction of sp³-hybridized carbons (Fsp3) is 0.607. The number of likely N-dealkylation sites (N-methyl/N-ethyl adjacent to an activating group) is 1. The number of fused-ring (bicyclic) bond motifs is 1. The van der Waals surface area contributed by atoms with Crippen LogP contribution in [0.4, 0.5) is 20.5 Å². The molecule has 2 aliphatic rings. The van der Waals surface area contributed by atoms with Gasteiger partial charge in [0, 0.05) is 38.9 Å². The van der Waals surface area contributed by atoms with E-state index in [0.717, 1.165) is 45.4 Å². The molecule has 1 aliphatic carbocycles. The number of benzene rings is 1. The van der Waals surface area contributed by atoms with Gasteiger partial charge < -0.3 is 24.6 Å². The van der Waals surface area contributed by atoms with Crippen molar-refractivity contribution in [2.45, 2.75) is 51.1 Å². The Labute approximate surface area is 228 Å². The van der Waals surface area contributed by atoms with E-state index in [2.05, 4.69) is 34.1 Å². The predicted octanol–water partition coefficient (Wildman–Crippen LogP) is 4.53. The Morgan fingerprint density at radius 2 is 1.90 bits per heavy atom. The van der Waals surface area contributed by atoms with E-state index in [1.54, 1.807) is 31.4 Å². The largest absolute Gasteiger partial charge is 0.383 e. The molecule has 0 bridgehead atoms. The number of rotatable bonds is 10. The zero-order valence-electron chi connectivity index (χ0n) is 23.0. The van der Waals surface area contributed by atoms with Gasteiger partial charge in [-0.2, -0.15) is 9.97 Å². The molecule has 1 N–H and O–H groups in total. The molecule has 0 spiro atoms. The van der Waals surface area contributed by atoms with Crippen LogP contribution in [-0.2, 0) is 9.47 Å². The number of hydrogen-bond acceptors (Lipinski definition) is 8. The topological polar surface area (TPSA) is 80.6 Å². The molecular weight excluding hydrogens is 504 g/mol. The molecule has 2 aromatic heterocycles. The number of nitrogens with one attached hydrogen (secondary N) is 1. The number of methoxy groups -OCH3 is 1. The van der Waals surface area contributed by atoms with Crippen LogP contribution in [0, 0.1) is 5.92 Å². The molecule has 3 aromatic rings. The van der Waals surface area contributed by atoms with E-state index < -0.39 is 6.43 Å². The lowest BCUT2D eigenvalue weighted by Crippen LogP contribution is -2.44. The number of para-hydroxylation sites is 2. The van der Waals surface area contributed by atoms with Crippen molar-refractivity contribution in [1.82, 2.24) is 24.4 Å². The van der Waals surface area contributed by atoms with Gasteiger partial charge in [-0.3, -0.25) is 4.57 Å². The number of morpholine rings is 1. The van der Waals surface area contributed by atoms with Crippen molar-refractivity contribution in [3.05, 3.63) is 36.2 Å². The summed E-state index contributed by atoms with van der Waals surface area (Å²) in [5.41, 5.74) is 1.10. The standard InChI is InChI=1S/C28H39F2N7O2/c1-19-18-39-15-13-36(19)24-16-25(37-23-7-5-4-6-22(23)32-27(37)26(29)30)34-28(33-24)31-17-20-8-10-21(11-9-20)35(2)12-14-38-3/h4-7,16,19-21,26H,8-15,17-18H2,1-3H3,(H,31,33,34)/t19-,20-,21-/m1/s1. The summed E-state index contributed by atoms with van der Waals surface area (Å²) in [4.78, 5) is 18.3. The summed E-state index contributed by atoms with van der Waals surface area (Å²) in [5.74, 6) is 1.70. The summed E-state index contributed by atoms with van der Waals surface area (Å²) in [6, 6.07) is 9.63. The van der Waals surface area contributed by atoms with Gasteiger partial charge in [0.05, 0.1) is 36.9 Å². The van der Waals surface area contributed by atoms with Crippen LogP contribution < -0.4 is 10.2 Å². The summed E-state index contributed by atoms with van der Waals surface area (Å²) >= 11 is 0. The van der Waals surface area contributed by atoms with Gasteiger partial charge in [0.15, 0.2) is 5.82 Å². The van der Waals surface area contributed by atoms with Crippen LogP contribution in [0.1, 0.15) is 44.9 Å². The smallest absolute Gasteiger partial charge is 0.296 e. The zero-order chi connectivity index (χ0) is 27.4. The molecule has 3 heterocycles. The highest BCUT2D eigenvalue weighted by atomic mass is 19.3. The summed E-state index contributed by atoms with van der Waals surface area (Å²) < 4.78 is 40.6. The van der Waals surface area contributed by atoms with Crippen molar-refractivity contribution >= 4 is 22.8 Å². The number of aromatic nitrogens is 4. The first-order valence-electron chi connectivity index (χ1n) is 13.9. The highest BCUT2D eigenvalue weighted by Crippen LogP contribution is 2.31. The number of alkyl halides is 2. The van der Waals surface area contributed by atoms with Crippen LogP contribution >= 0.6 is 0 Å². The van der Waals surface area contributed by atoms with Gasteiger partial charge in [-0.15, -0.1) is 0 Å². The molecule has 9 nitrogen and oxygen atoms in total. The van der Waals surface area contributed by atoms with Crippen molar-refractivity contribution in [2.24, 2.45) is 5.92 Å². The van der Waals surface area contributed by atoms with Crippen LogP contribution in [0.2, 0.25) is 0 Å². The number of imidazole rings is 1. The van der Waals surface area contributed by atoms with Gasteiger partial charge in [-0.05, 0) is 57.7 Å². The van der Waals surface area contributed by atoms with E-state index in [-0.39, 0.29) is 11.9 Å². The SMILES string of the molecule is COCCN(C)[C@H]1CC[C@H](CNc2nc(N3CCOC[C@H]3C)cc(-n3c(C(F)F)nc4ccccc43)n2)CC1. The van der Waals surface area contributed by atoms with Gasteiger partial charge in [-0.1, -0.05) is 12.1 Å². The molecule has 0 amide bonds. The average Bonchev–Trinajstić information content (AvgIpc) is 3.35. The Kier molecular flexibility index (Phi) is 8.89. The molecule has 0 unspecified atom stereocenters. The van der Waals surface area contributed by atoms with Crippen molar-refractivity contribution < 1.29 is 18.3 Å². The summed E-state index contributed by atoms with van der Waals surface area (Å²) in [6.45, 7) is 6.34. The second-order valence-electron chi connectivity index (χ2n) is 10.6. The maximum atomic E-state index is 14.1. The van der Waals surface area contributed by atoms with Gasteiger partial charge in [0.25, 0.3) is 6.43 Å². The first kappa shape index (κ1) is 27.7. The molecule has 1 atom stereocenters. The fourth-order valence-electron chi connectivity index (χ4n) is 5.71. The predicted molar refractivity (Wildman–Crippen MR) is 148 cm³/mol. The van der Waals surface area contributed by atoms with Crippen LogP contribution in [-0.4, -0.2) is 90.1 Å². The van der Waals surface area contributed by atoms with Crippen molar-refractivity contribution in [2.75, 3.05) is 63.8 Å². The van der Waals surface area contributed by atoms with E-state index >= 15 is 0 Å². The molecule has 1 aliphatic heterocycles. The molecular formula is C28H39F2N7O2. The van der Waals surface area contributed by atoms with E-state index in [4.69, 9.17) is 19.4 Å². The minimum Gasteiger partial charge on any atom is -0.383 e. The first-order chi connectivity index (χ1) is 18.9. The van der Waals surface area contributed by atoms with Crippen molar-refractivity contribution in [3.63, 3.8) is 0 Å². The van der Waals surface area contributed by atoms with Crippen molar-refractivity contribution in [1.29, 1.82) is 0 Å². The summed E-state index contributed by atoms with van der Waals surface area (Å²) in [6.07, 6.45) is 1.77. The van der Waals surface area contributed by atoms with Gasteiger partial charge in [0.2, 0.25) is 5.95 Å². The number of halogens is 2. The minimum absolute atomic E-state index is 0.105. The molecule has 11 heteroatoms. The van der Waals surface area contributed by atoms with Gasteiger partial charge in [0.1, 0.15) is 11.6 Å². The molecule has 2 fully saturated rings. The van der Waals surface area contributed by atoms with E-state index in [1.807, 2.05) is 6.07 Å². The maximum Gasteiger partial charge on any atom is 0.296 e. The van der Waals surface area contributed by atoms with Gasteiger partial charge >= 0.3 is 0 Å². The normalized spacial score (nSPS) is 22.2. The molecule has 5 rings (SSSR count). The molecule has 1 saturated carbocycles. The second-order valence-corrected chi connectivity index (χ2v) is 10.6. The van der Waals surface area contributed by atoms with Crippen LogP contribution in [0.15, 0.2) is 30.3 Å². The van der Waals surface area contributed by atoms with Crippen LogP contribution in [0.3, 0.4) is 0 Å². The Hall–Kier alpha value is -2.89. The Balaban J connectivity index is 1.39. The quantitative estimate of drug-likeness (QED) is 0.400. The molecule has 1 saturated heterocycles. The highest BCUT2D eigenvalue weighted by Gasteiger charge is 2.27. The minimum atomic E-state index is -2.74. The number of anilines is 2. The lowest BCUT2D eigenvalue weighted by molar-refractivity contribution is 0.0985. The van der Waals surface area contributed by atoms with Crippen LogP contribution in [0.5, 0.6) is 0 Å². The molecule has 1 aromatic carbocycles. The Bertz CT molecular complexity index is 1230. The first-order valence-corrected chi connectivity index (χ1v) is 13.9. The third-order valence-electron chi connectivity index (χ3n) is 8.01. The molecule has 0 radical (unpaired) electrons. The number of ether oxygens (including phenoxy) is 2. The lowest BCUT2D eigenvalue weighted by Gasteiger charge is -2.35. The number of nitrogens with zero attached hydrogens (tertiary/aromatic N) is 6. The third-order valence-corrected chi connectivity index (χ3v) is 8.01. The third kappa shape index (κ3) is 6.31. The van der Waals surface area contributed by atoms with Crippen LogP contribution in [0.25, 0.3) is 16.9 Å². The second kappa shape index (κ2) is 12.5. The molecule has 39 heavy (non-hydrogen) atoms. The van der Waals surface area contributed by atoms with E-state index in [1.165, 1.54) is 4.57 Å². The maximum absolute atomic E-state index is 14.1. The molecule has 212 valence electrons. The monoisotopic (exact) mass is 543 g/mol. The van der Waals surface area contributed by atoms with Gasteiger partial charge in [-0.25, -0.2) is 13.8 Å².